The Morgan fingerprint density at radius 3 is 2.72 bits per heavy atom. The average molecular weight is 273 g/mol. The fourth-order valence-corrected chi connectivity index (χ4v) is 1.38. The summed E-state index contributed by atoms with van der Waals surface area (Å²) in [6.07, 6.45) is 0.684. The van der Waals surface area contributed by atoms with Gasteiger partial charge in [-0.1, -0.05) is 35.8 Å². The van der Waals surface area contributed by atoms with Crippen molar-refractivity contribution in [3.8, 4) is 0 Å². The van der Waals surface area contributed by atoms with Crippen molar-refractivity contribution in [3.63, 3.8) is 0 Å². The molecule has 1 aromatic rings. The number of carbonyl (C=O) groups is 1. The van der Waals surface area contributed by atoms with Gasteiger partial charge in [-0.15, -0.1) is 0 Å². The van der Waals surface area contributed by atoms with Gasteiger partial charge in [0.15, 0.2) is 0 Å². The summed E-state index contributed by atoms with van der Waals surface area (Å²) < 4.78 is 12.6. The predicted octanol–water partition coefficient (Wildman–Crippen LogP) is 3.40. The number of nitrogens with one attached hydrogen (secondary N) is 1. The van der Waals surface area contributed by atoms with Gasteiger partial charge in [0.2, 0.25) is 0 Å². The number of oxime groups is 1. The number of amides is 1. The average Bonchev–Trinajstić information content (AvgIpc) is 2.36. The van der Waals surface area contributed by atoms with Gasteiger partial charge in [-0.3, -0.25) is 4.84 Å². The van der Waals surface area contributed by atoms with E-state index in [4.69, 9.17) is 11.6 Å². The van der Waals surface area contributed by atoms with E-state index in [1.807, 2.05) is 6.92 Å². The van der Waals surface area contributed by atoms with Gasteiger partial charge >= 0.3 is 6.09 Å². The topological polar surface area (TPSA) is 50.7 Å². The maximum Gasteiger partial charge on any atom is 0.433 e. The maximum absolute atomic E-state index is 12.6. The van der Waals surface area contributed by atoms with Crippen molar-refractivity contribution >= 4 is 22.9 Å². The quantitative estimate of drug-likeness (QED) is 0.507. The number of rotatable bonds is 5. The first-order valence-corrected chi connectivity index (χ1v) is 5.91. The molecule has 0 unspecified atom stereocenters. The zero-order valence-electron chi connectivity index (χ0n) is 9.95. The Hall–Kier alpha value is -1.62. The van der Waals surface area contributed by atoms with Crippen LogP contribution in [0.1, 0.15) is 25.3 Å². The minimum absolute atomic E-state index is 0.236. The summed E-state index contributed by atoms with van der Waals surface area (Å²) in [4.78, 5) is 15.8. The van der Waals surface area contributed by atoms with Crippen LogP contribution in [0, 0.1) is 5.82 Å². The third-order valence-electron chi connectivity index (χ3n) is 2.03. The van der Waals surface area contributed by atoms with Gasteiger partial charge < -0.3 is 5.32 Å². The second kappa shape index (κ2) is 7.66. The maximum atomic E-state index is 12.6. The molecule has 0 bridgehead atoms. The van der Waals surface area contributed by atoms with Crippen LogP contribution in [0.3, 0.4) is 0 Å². The smallest absolute Gasteiger partial charge is 0.316 e. The van der Waals surface area contributed by atoms with E-state index >= 15 is 0 Å². The normalized spacial score (nSPS) is 11.2. The predicted molar refractivity (Wildman–Crippen MR) is 67.9 cm³/mol. The summed E-state index contributed by atoms with van der Waals surface area (Å²) in [7, 11) is 0. The van der Waals surface area contributed by atoms with E-state index < -0.39 is 6.09 Å². The summed E-state index contributed by atoms with van der Waals surface area (Å²) in [6, 6.07) is 5.78. The second-order valence-electron chi connectivity index (χ2n) is 3.58. The highest BCUT2D eigenvalue weighted by Crippen LogP contribution is 2.02. The molecule has 0 spiro atoms. The first-order valence-electron chi connectivity index (χ1n) is 5.53. The van der Waals surface area contributed by atoms with Crippen LogP contribution in [0.5, 0.6) is 0 Å². The molecule has 4 nitrogen and oxygen atoms in total. The number of carbonyl (C=O) groups excluding carboxylic acids is 1. The van der Waals surface area contributed by atoms with Crippen LogP contribution in [-0.4, -0.2) is 11.3 Å². The van der Waals surface area contributed by atoms with E-state index in [1.165, 1.54) is 12.1 Å². The monoisotopic (exact) mass is 272 g/mol. The van der Waals surface area contributed by atoms with E-state index in [-0.39, 0.29) is 17.5 Å². The van der Waals surface area contributed by atoms with Gasteiger partial charge in [-0.05, 0) is 24.1 Å². The van der Waals surface area contributed by atoms with Crippen LogP contribution in [0.2, 0.25) is 0 Å². The van der Waals surface area contributed by atoms with Crippen LogP contribution in [0.15, 0.2) is 29.4 Å². The molecular weight excluding hydrogens is 259 g/mol. The van der Waals surface area contributed by atoms with Crippen molar-refractivity contribution in [2.24, 2.45) is 5.16 Å². The Morgan fingerprint density at radius 2 is 2.11 bits per heavy atom. The molecule has 0 fully saturated rings. The standard InChI is InChI=1S/C12H14ClFN2O2/c1-2-3-11(13)16-18-12(17)15-8-9-4-6-10(14)7-5-9/h4-7H,2-3,8H2,1H3,(H,15,17). The summed E-state index contributed by atoms with van der Waals surface area (Å²) >= 11 is 5.66. The lowest BCUT2D eigenvalue weighted by Gasteiger charge is -2.03. The lowest BCUT2D eigenvalue weighted by molar-refractivity contribution is 0.150. The Balaban J connectivity index is 2.33. The molecule has 6 heteroatoms. The summed E-state index contributed by atoms with van der Waals surface area (Å²) in [5.41, 5.74) is 0.761. The third kappa shape index (κ3) is 5.63. The van der Waals surface area contributed by atoms with Gasteiger partial charge in [0.1, 0.15) is 11.0 Å². The van der Waals surface area contributed by atoms with E-state index in [0.717, 1.165) is 12.0 Å². The lowest BCUT2D eigenvalue weighted by Crippen LogP contribution is -2.22. The van der Waals surface area contributed by atoms with Crippen LogP contribution in [0.4, 0.5) is 9.18 Å². The van der Waals surface area contributed by atoms with E-state index in [2.05, 4.69) is 15.3 Å². The Morgan fingerprint density at radius 1 is 1.44 bits per heavy atom. The zero-order chi connectivity index (χ0) is 13.4. The van der Waals surface area contributed by atoms with Crippen molar-refractivity contribution in [1.29, 1.82) is 0 Å². The van der Waals surface area contributed by atoms with Crippen LogP contribution >= 0.6 is 11.6 Å². The van der Waals surface area contributed by atoms with Crippen LogP contribution in [-0.2, 0) is 11.4 Å². The summed E-state index contributed by atoms with van der Waals surface area (Å²) in [5, 5.41) is 6.16. The Labute approximate surface area is 110 Å². The summed E-state index contributed by atoms with van der Waals surface area (Å²) in [5.74, 6) is -0.322. The lowest BCUT2D eigenvalue weighted by atomic mass is 10.2. The Kier molecular flexibility index (Phi) is 6.14. The molecule has 18 heavy (non-hydrogen) atoms. The molecule has 0 aliphatic carbocycles. The van der Waals surface area contributed by atoms with Gasteiger partial charge in [0, 0.05) is 13.0 Å². The van der Waals surface area contributed by atoms with E-state index in [1.54, 1.807) is 12.1 Å². The van der Waals surface area contributed by atoms with Gasteiger partial charge in [-0.2, -0.15) is 0 Å². The highest BCUT2D eigenvalue weighted by Gasteiger charge is 2.02. The van der Waals surface area contributed by atoms with Gasteiger partial charge in [0.25, 0.3) is 0 Å². The molecule has 0 saturated carbocycles. The highest BCUT2D eigenvalue weighted by molar-refractivity contribution is 6.65. The molecule has 0 aliphatic rings. The van der Waals surface area contributed by atoms with Crippen molar-refractivity contribution in [2.75, 3.05) is 0 Å². The molecule has 98 valence electrons. The van der Waals surface area contributed by atoms with Crippen molar-refractivity contribution in [1.82, 2.24) is 5.32 Å². The van der Waals surface area contributed by atoms with E-state index in [0.29, 0.717) is 6.42 Å². The van der Waals surface area contributed by atoms with Crippen molar-refractivity contribution < 1.29 is 14.0 Å². The number of hydrogen-bond donors (Lipinski definition) is 1. The molecule has 1 aromatic carbocycles. The minimum atomic E-state index is -0.700. The molecule has 1 amide bonds. The molecule has 0 aliphatic heterocycles. The highest BCUT2D eigenvalue weighted by atomic mass is 35.5. The molecule has 0 heterocycles. The number of halogens is 2. The minimum Gasteiger partial charge on any atom is -0.316 e. The van der Waals surface area contributed by atoms with Gasteiger partial charge in [-0.25, -0.2) is 9.18 Å². The number of nitrogens with zero attached hydrogens (tertiary/aromatic N) is 1. The molecule has 0 saturated heterocycles. The fourth-order valence-electron chi connectivity index (χ4n) is 1.15. The second-order valence-corrected chi connectivity index (χ2v) is 4.01. The van der Waals surface area contributed by atoms with Crippen molar-refractivity contribution in [2.45, 2.75) is 26.3 Å². The number of benzene rings is 1. The first-order chi connectivity index (χ1) is 8.61. The largest absolute Gasteiger partial charge is 0.433 e. The third-order valence-corrected chi connectivity index (χ3v) is 2.29. The molecule has 0 aromatic heterocycles. The van der Waals surface area contributed by atoms with Gasteiger partial charge in [0.05, 0.1) is 0 Å². The molecular formula is C12H14ClFN2O2. The zero-order valence-corrected chi connectivity index (χ0v) is 10.7. The summed E-state index contributed by atoms with van der Waals surface area (Å²) in [6.45, 7) is 2.17. The molecule has 1 rings (SSSR count). The first kappa shape index (κ1) is 14.4. The Bertz CT molecular complexity index is 421. The van der Waals surface area contributed by atoms with E-state index in [9.17, 15) is 9.18 Å². The van der Waals surface area contributed by atoms with Crippen LogP contribution < -0.4 is 5.32 Å². The molecule has 0 radical (unpaired) electrons. The molecule has 0 atom stereocenters. The number of hydrogen-bond acceptors (Lipinski definition) is 3. The van der Waals surface area contributed by atoms with Crippen LogP contribution in [0.25, 0.3) is 0 Å². The molecule has 1 N–H and O–H groups in total. The SMILES string of the molecule is CCCC(Cl)=NOC(=O)NCc1ccc(F)cc1. The van der Waals surface area contributed by atoms with Crippen molar-refractivity contribution in [3.05, 3.63) is 35.6 Å². The fraction of sp³-hybridized carbons (Fsp3) is 0.333.